The zero-order chi connectivity index (χ0) is 17.2. The minimum absolute atomic E-state index is 0.0972. The van der Waals surface area contributed by atoms with E-state index in [1.54, 1.807) is 12.3 Å². The normalized spacial score (nSPS) is 29.0. The van der Waals surface area contributed by atoms with Crippen molar-refractivity contribution in [1.29, 1.82) is 0 Å². The van der Waals surface area contributed by atoms with Crippen LogP contribution in [0.25, 0.3) is 0 Å². The molecule has 134 valence electrons. The number of rotatable bonds is 5. The Hall–Kier alpha value is -1.88. The van der Waals surface area contributed by atoms with Gasteiger partial charge in [0, 0.05) is 45.0 Å². The predicted molar refractivity (Wildman–Crippen MR) is 99.8 cm³/mol. The number of nitrogens with zero attached hydrogens (tertiary/aromatic N) is 3. The Morgan fingerprint density at radius 1 is 1.24 bits per heavy atom. The molecule has 3 atom stereocenters. The lowest BCUT2D eigenvalue weighted by molar-refractivity contribution is 0.0957. The number of amides is 1. The average Bonchev–Trinajstić information content (AvgIpc) is 3.30. The van der Waals surface area contributed by atoms with E-state index >= 15 is 0 Å². The van der Waals surface area contributed by atoms with Gasteiger partial charge < -0.3 is 10.2 Å². The van der Waals surface area contributed by atoms with Crippen molar-refractivity contribution in [3.63, 3.8) is 0 Å². The third kappa shape index (κ3) is 3.43. The standard InChI is InChI=1S/C20H28N4O/c1-2-7-21-20(25)17-5-6-19(22-14-17)24-10-8-23(9-11-24)18-13-15-3-4-16(18)12-15/h2,5-6,14-16,18H,1,3-4,7-13H2,(H,21,25). The van der Waals surface area contributed by atoms with Gasteiger partial charge >= 0.3 is 0 Å². The molecule has 1 N–H and O–H groups in total. The maximum atomic E-state index is 11.9. The Balaban J connectivity index is 1.31. The van der Waals surface area contributed by atoms with Crippen molar-refractivity contribution in [3.8, 4) is 0 Å². The number of hydrogen-bond acceptors (Lipinski definition) is 4. The second-order valence-electron chi connectivity index (χ2n) is 7.67. The molecule has 2 aliphatic carbocycles. The van der Waals surface area contributed by atoms with Crippen LogP contribution in [0.4, 0.5) is 5.82 Å². The molecule has 2 bridgehead atoms. The molecule has 5 heteroatoms. The lowest BCUT2D eigenvalue weighted by Crippen LogP contribution is -2.52. The van der Waals surface area contributed by atoms with E-state index in [2.05, 4.69) is 26.7 Å². The van der Waals surface area contributed by atoms with Gasteiger partial charge in [0.25, 0.3) is 5.91 Å². The van der Waals surface area contributed by atoms with Crippen molar-refractivity contribution in [2.75, 3.05) is 37.6 Å². The fraction of sp³-hybridized carbons (Fsp3) is 0.600. The molecule has 3 aliphatic rings. The summed E-state index contributed by atoms with van der Waals surface area (Å²) in [4.78, 5) is 21.5. The first-order chi connectivity index (χ1) is 12.2. The van der Waals surface area contributed by atoms with Crippen LogP contribution < -0.4 is 10.2 Å². The first kappa shape index (κ1) is 16.6. The highest BCUT2D eigenvalue weighted by molar-refractivity contribution is 5.94. The average molecular weight is 340 g/mol. The van der Waals surface area contributed by atoms with E-state index in [-0.39, 0.29) is 5.91 Å². The van der Waals surface area contributed by atoms with E-state index in [9.17, 15) is 4.79 Å². The zero-order valence-electron chi connectivity index (χ0n) is 14.9. The van der Waals surface area contributed by atoms with Crippen LogP contribution in [0.1, 0.15) is 36.0 Å². The zero-order valence-corrected chi connectivity index (χ0v) is 14.9. The predicted octanol–water partition coefficient (Wildman–Crippen LogP) is 2.31. The number of pyridine rings is 1. The molecule has 3 fully saturated rings. The molecule has 0 aromatic carbocycles. The molecule has 25 heavy (non-hydrogen) atoms. The fourth-order valence-electron chi connectivity index (χ4n) is 4.92. The van der Waals surface area contributed by atoms with Crippen LogP contribution >= 0.6 is 0 Å². The minimum atomic E-state index is -0.0972. The summed E-state index contributed by atoms with van der Waals surface area (Å²) >= 11 is 0. The Bertz CT molecular complexity index is 621. The number of fused-ring (bicyclic) bond motifs is 2. The summed E-state index contributed by atoms with van der Waals surface area (Å²) in [7, 11) is 0. The molecule has 0 radical (unpaired) electrons. The van der Waals surface area contributed by atoms with Crippen molar-refractivity contribution < 1.29 is 4.79 Å². The topological polar surface area (TPSA) is 48.5 Å². The molecule has 2 saturated carbocycles. The molecule has 0 spiro atoms. The maximum Gasteiger partial charge on any atom is 0.253 e. The second-order valence-corrected chi connectivity index (χ2v) is 7.67. The Morgan fingerprint density at radius 2 is 2.08 bits per heavy atom. The third-order valence-electron chi connectivity index (χ3n) is 6.23. The monoisotopic (exact) mass is 340 g/mol. The number of nitrogens with one attached hydrogen (secondary N) is 1. The van der Waals surface area contributed by atoms with Crippen molar-refractivity contribution in [3.05, 3.63) is 36.5 Å². The van der Waals surface area contributed by atoms with Gasteiger partial charge in [0.1, 0.15) is 5.82 Å². The molecular formula is C20H28N4O. The lowest BCUT2D eigenvalue weighted by atomic mass is 9.93. The quantitative estimate of drug-likeness (QED) is 0.836. The van der Waals surface area contributed by atoms with Gasteiger partial charge in [-0.15, -0.1) is 6.58 Å². The summed E-state index contributed by atoms with van der Waals surface area (Å²) < 4.78 is 0. The van der Waals surface area contributed by atoms with Gasteiger partial charge in [0.15, 0.2) is 0 Å². The van der Waals surface area contributed by atoms with Crippen molar-refractivity contribution in [2.24, 2.45) is 11.8 Å². The van der Waals surface area contributed by atoms with Crippen molar-refractivity contribution in [1.82, 2.24) is 15.2 Å². The number of aromatic nitrogens is 1. The SMILES string of the molecule is C=CCNC(=O)c1ccc(N2CCN(C3CC4CCC3C4)CC2)nc1. The van der Waals surface area contributed by atoms with E-state index in [4.69, 9.17) is 0 Å². The summed E-state index contributed by atoms with van der Waals surface area (Å²) in [6, 6.07) is 4.67. The molecule has 1 amide bonds. The summed E-state index contributed by atoms with van der Waals surface area (Å²) in [6.45, 7) is 8.42. The maximum absolute atomic E-state index is 11.9. The third-order valence-corrected chi connectivity index (χ3v) is 6.23. The smallest absolute Gasteiger partial charge is 0.253 e. The number of anilines is 1. The number of piperazine rings is 1. The van der Waals surface area contributed by atoms with Crippen LogP contribution in [0.3, 0.4) is 0 Å². The summed E-state index contributed by atoms with van der Waals surface area (Å²) in [5, 5.41) is 2.78. The molecular weight excluding hydrogens is 312 g/mol. The first-order valence-electron chi connectivity index (χ1n) is 9.58. The van der Waals surface area contributed by atoms with Gasteiger partial charge in [-0.2, -0.15) is 0 Å². The van der Waals surface area contributed by atoms with Crippen LogP contribution in [0.5, 0.6) is 0 Å². The van der Waals surface area contributed by atoms with E-state index in [1.165, 1.54) is 25.7 Å². The van der Waals surface area contributed by atoms with E-state index in [0.717, 1.165) is 49.9 Å². The summed E-state index contributed by atoms with van der Waals surface area (Å²) in [5.41, 5.74) is 0.603. The van der Waals surface area contributed by atoms with Crippen molar-refractivity contribution >= 4 is 11.7 Å². The summed E-state index contributed by atoms with van der Waals surface area (Å²) in [6.07, 6.45) is 9.18. The number of carbonyl (C=O) groups excluding carboxylic acids is 1. The minimum Gasteiger partial charge on any atom is -0.354 e. The highest BCUT2D eigenvalue weighted by atomic mass is 16.1. The molecule has 1 aromatic rings. The van der Waals surface area contributed by atoms with Crippen LogP contribution in [-0.4, -0.2) is 54.6 Å². The molecule has 1 aromatic heterocycles. The van der Waals surface area contributed by atoms with Crippen LogP contribution in [0.2, 0.25) is 0 Å². The van der Waals surface area contributed by atoms with E-state index in [0.29, 0.717) is 12.1 Å². The van der Waals surface area contributed by atoms with Gasteiger partial charge in [0.05, 0.1) is 5.56 Å². The largest absolute Gasteiger partial charge is 0.354 e. The second kappa shape index (κ2) is 7.16. The highest BCUT2D eigenvalue weighted by Gasteiger charge is 2.42. The van der Waals surface area contributed by atoms with Gasteiger partial charge in [-0.1, -0.05) is 12.5 Å². The van der Waals surface area contributed by atoms with Crippen molar-refractivity contribution in [2.45, 2.75) is 31.7 Å². The molecule has 1 saturated heterocycles. The molecule has 1 aliphatic heterocycles. The highest BCUT2D eigenvalue weighted by Crippen LogP contribution is 2.46. The van der Waals surface area contributed by atoms with Crippen LogP contribution in [-0.2, 0) is 0 Å². The summed E-state index contributed by atoms with van der Waals surface area (Å²) in [5.74, 6) is 2.85. The van der Waals surface area contributed by atoms with E-state index in [1.807, 2.05) is 12.1 Å². The van der Waals surface area contributed by atoms with E-state index < -0.39 is 0 Å². The Morgan fingerprint density at radius 3 is 2.68 bits per heavy atom. The molecule has 5 nitrogen and oxygen atoms in total. The van der Waals surface area contributed by atoms with Crippen LogP contribution in [0.15, 0.2) is 31.0 Å². The lowest BCUT2D eigenvalue weighted by Gasteiger charge is -2.41. The van der Waals surface area contributed by atoms with Gasteiger partial charge in [-0.25, -0.2) is 4.98 Å². The van der Waals surface area contributed by atoms with Gasteiger partial charge in [-0.05, 0) is 43.2 Å². The van der Waals surface area contributed by atoms with Gasteiger partial charge in [-0.3, -0.25) is 9.69 Å². The molecule has 2 heterocycles. The fourth-order valence-corrected chi connectivity index (χ4v) is 4.92. The number of carbonyl (C=O) groups is 1. The Kier molecular flexibility index (Phi) is 4.75. The first-order valence-corrected chi connectivity index (χ1v) is 9.58. The van der Waals surface area contributed by atoms with Gasteiger partial charge in [0.2, 0.25) is 0 Å². The molecule has 3 unspecified atom stereocenters. The Labute approximate surface area is 150 Å². The van der Waals surface area contributed by atoms with Crippen LogP contribution in [0, 0.1) is 11.8 Å². The number of hydrogen-bond donors (Lipinski definition) is 1. The molecule has 4 rings (SSSR count).